The lowest BCUT2D eigenvalue weighted by Crippen LogP contribution is -2.40. The summed E-state index contributed by atoms with van der Waals surface area (Å²) in [5.74, 6) is 2.14. The van der Waals surface area contributed by atoms with E-state index in [1.54, 1.807) is 0 Å². The predicted octanol–water partition coefficient (Wildman–Crippen LogP) is 1.72. The second-order valence-electron chi connectivity index (χ2n) is 4.79. The lowest BCUT2D eigenvalue weighted by Gasteiger charge is -2.30. The Hall–Kier alpha value is -1.04. The summed E-state index contributed by atoms with van der Waals surface area (Å²) in [6, 6.07) is 0. The molecule has 0 bridgehead atoms. The molecule has 2 rings (SSSR count). The third-order valence-corrected chi connectivity index (χ3v) is 4.01. The van der Waals surface area contributed by atoms with E-state index < -0.39 is 0 Å². The Bertz CT molecular complexity index is 407. The highest BCUT2D eigenvalue weighted by molar-refractivity contribution is 7.99. The van der Waals surface area contributed by atoms with Crippen molar-refractivity contribution in [2.45, 2.75) is 38.3 Å². The van der Waals surface area contributed by atoms with Crippen molar-refractivity contribution in [1.29, 1.82) is 0 Å². The van der Waals surface area contributed by atoms with E-state index in [1.807, 2.05) is 11.8 Å². The number of amides is 1. The molecule has 5 nitrogen and oxygen atoms in total. The van der Waals surface area contributed by atoms with Gasteiger partial charge in [-0.3, -0.25) is 9.89 Å². The molecule has 1 fully saturated rings. The molecular weight excluding hydrogens is 248 g/mol. The molecule has 1 aromatic heterocycles. The average Bonchev–Trinajstić information content (AvgIpc) is 2.84. The van der Waals surface area contributed by atoms with Gasteiger partial charge in [-0.05, 0) is 18.8 Å². The number of likely N-dealkylation sites (tertiary alicyclic amines) is 1. The van der Waals surface area contributed by atoms with Crippen LogP contribution in [0, 0.1) is 5.92 Å². The first-order valence-electron chi connectivity index (χ1n) is 6.51. The van der Waals surface area contributed by atoms with Crippen LogP contribution in [-0.2, 0) is 11.2 Å². The van der Waals surface area contributed by atoms with Crippen molar-refractivity contribution in [2.75, 3.05) is 18.8 Å². The first kappa shape index (κ1) is 13.4. The van der Waals surface area contributed by atoms with Crippen molar-refractivity contribution >= 4 is 17.7 Å². The number of aromatic nitrogens is 3. The molecule has 0 spiro atoms. The second-order valence-corrected chi connectivity index (χ2v) is 5.74. The van der Waals surface area contributed by atoms with E-state index in [2.05, 4.69) is 22.1 Å². The lowest BCUT2D eigenvalue weighted by atomic mass is 10.0. The number of piperidine rings is 1. The van der Waals surface area contributed by atoms with Crippen molar-refractivity contribution in [2.24, 2.45) is 5.92 Å². The highest BCUT2D eigenvalue weighted by Gasteiger charge is 2.21. The van der Waals surface area contributed by atoms with E-state index in [1.165, 1.54) is 18.2 Å². The molecule has 0 radical (unpaired) electrons. The Morgan fingerprint density at radius 3 is 3.11 bits per heavy atom. The molecule has 18 heavy (non-hydrogen) atoms. The fraction of sp³-hybridized carbons (Fsp3) is 0.750. The number of nitrogens with one attached hydrogen (secondary N) is 1. The second kappa shape index (κ2) is 6.22. The van der Waals surface area contributed by atoms with Crippen LogP contribution in [0.5, 0.6) is 0 Å². The summed E-state index contributed by atoms with van der Waals surface area (Å²) in [6.07, 6.45) is 3.20. The normalized spacial score (nSPS) is 20.1. The Labute approximate surface area is 112 Å². The summed E-state index contributed by atoms with van der Waals surface area (Å²) >= 11 is 1.41. The summed E-state index contributed by atoms with van der Waals surface area (Å²) in [6.45, 7) is 6.02. The van der Waals surface area contributed by atoms with Crippen LogP contribution in [-0.4, -0.2) is 44.8 Å². The van der Waals surface area contributed by atoms with Gasteiger partial charge < -0.3 is 4.90 Å². The predicted molar refractivity (Wildman–Crippen MR) is 71.5 cm³/mol. The first-order valence-corrected chi connectivity index (χ1v) is 7.49. The fourth-order valence-electron chi connectivity index (χ4n) is 2.13. The third kappa shape index (κ3) is 3.48. The maximum Gasteiger partial charge on any atom is 0.233 e. The minimum absolute atomic E-state index is 0.203. The Balaban J connectivity index is 1.80. The minimum Gasteiger partial charge on any atom is -0.342 e. The number of thioether (sulfide) groups is 1. The molecule has 6 heteroatoms. The molecule has 0 aromatic carbocycles. The van der Waals surface area contributed by atoms with Crippen LogP contribution in [0.3, 0.4) is 0 Å². The number of aromatic amines is 1. The Kier molecular flexibility index (Phi) is 4.63. The summed E-state index contributed by atoms with van der Waals surface area (Å²) < 4.78 is 0. The maximum atomic E-state index is 12.0. The SMILES string of the molecule is CCc1nc(SCC(=O)N2CCCC(C)C2)n[nH]1. The van der Waals surface area contributed by atoms with Gasteiger partial charge >= 0.3 is 0 Å². The van der Waals surface area contributed by atoms with Gasteiger partial charge in [0.1, 0.15) is 5.82 Å². The number of hydrogen-bond acceptors (Lipinski definition) is 4. The van der Waals surface area contributed by atoms with Crippen LogP contribution < -0.4 is 0 Å². The van der Waals surface area contributed by atoms with Crippen LogP contribution in [0.15, 0.2) is 5.16 Å². The van der Waals surface area contributed by atoms with Gasteiger partial charge in [0.25, 0.3) is 0 Å². The van der Waals surface area contributed by atoms with Crippen LogP contribution in [0.4, 0.5) is 0 Å². The molecule has 100 valence electrons. The number of rotatable bonds is 4. The van der Waals surface area contributed by atoms with Crippen LogP contribution in [0.25, 0.3) is 0 Å². The summed E-state index contributed by atoms with van der Waals surface area (Å²) in [7, 11) is 0. The van der Waals surface area contributed by atoms with Crippen LogP contribution in [0.2, 0.25) is 0 Å². The zero-order valence-electron chi connectivity index (χ0n) is 11.0. The van der Waals surface area contributed by atoms with E-state index >= 15 is 0 Å². The number of H-pyrrole nitrogens is 1. The van der Waals surface area contributed by atoms with Gasteiger partial charge in [-0.25, -0.2) is 4.98 Å². The van der Waals surface area contributed by atoms with E-state index in [9.17, 15) is 4.79 Å². The van der Waals surface area contributed by atoms with Crippen molar-refractivity contribution < 1.29 is 4.79 Å². The van der Waals surface area contributed by atoms with Crippen LogP contribution >= 0.6 is 11.8 Å². The standard InChI is InChI=1S/C12H20N4OS/c1-3-10-13-12(15-14-10)18-8-11(17)16-6-4-5-9(2)7-16/h9H,3-8H2,1-2H3,(H,13,14,15). The molecule has 1 aliphatic rings. The maximum absolute atomic E-state index is 12.0. The fourth-order valence-corrected chi connectivity index (χ4v) is 2.85. The van der Waals surface area contributed by atoms with E-state index in [4.69, 9.17) is 0 Å². The topological polar surface area (TPSA) is 61.9 Å². The smallest absolute Gasteiger partial charge is 0.233 e. The molecule has 0 saturated carbocycles. The van der Waals surface area contributed by atoms with Gasteiger partial charge in [0.2, 0.25) is 11.1 Å². The van der Waals surface area contributed by atoms with Gasteiger partial charge in [0.15, 0.2) is 0 Å². The van der Waals surface area contributed by atoms with Crippen molar-refractivity contribution in [3.05, 3.63) is 5.82 Å². The summed E-state index contributed by atoms with van der Waals surface area (Å²) in [5.41, 5.74) is 0. The summed E-state index contributed by atoms with van der Waals surface area (Å²) in [5, 5.41) is 7.61. The first-order chi connectivity index (χ1) is 8.69. The largest absolute Gasteiger partial charge is 0.342 e. The van der Waals surface area contributed by atoms with Gasteiger partial charge in [-0.15, -0.1) is 5.10 Å². The highest BCUT2D eigenvalue weighted by Crippen LogP contribution is 2.18. The molecule has 1 aromatic rings. The molecular formula is C12H20N4OS. The monoisotopic (exact) mass is 268 g/mol. The molecule has 1 atom stereocenters. The summed E-state index contributed by atoms with van der Waals surface area (Å²) in [4.78, 5) is 18.3. The molecule has 1 unspecified atom stereocenters. The van der Waals surface area contributed by atoms with Gasteiger partial charge in [0.05, 0.1) is 5.75 Å². The van der Waals surface area contributed by atoms with Crippen molar-refractivity contribution in [1.82, 2.24) is 20.1 Å². The number of nitrogens with zero attached hydrogens (tertiary/aromatic N) is 3. The third-order valence-electron chi connectivity index (χ3n) is 3.18. The van der Waals surface area contributed by atoms with Gasteiger partial charge in [-0.2, -0.15) is 0 Å². The van der Waals surface area contributed by atoms with Crippen LogP contribution in [0.1, 0.15) is 32.5 Å². The molecule has 2 heterocycles. The molecule has 1 N–H and O–H groups in total. The molecule has 0 aliphatic carbocycles. The van der Waals surface area contributed by atoms with Crippen molar-refractivity contribution in [3.63, 3.8) is 0 Å². The minimum atomic E-state index is 0.203. The average molecular weight is 268 g/mol. The lowest BCUT2D eigenvalue weighted by molar-refractivity contribution is -0.130. The van der Waals surface area contributed by atoms with Gasteiger partial charge in [0, 0.05) is 19.5 Å². The van der Waals surface area contributed by atoms with E-state index in [-0.39, 0.29) is 5.91 Å². The van der Waals surface area contributed by atoms with Gasteiger partial charge in [-0.1, -0.05) is 25.6 Å². The Morgan fingerprint density at radius 2 is 2.44 bits per heavy atom. The molecule has 1 saturated heterocycles. The van der Waals surface area contributed by atoms with Crippen molar-refractivity contribution in [3.8, 4) is 0 Å². The zero-order chi connectivity index (χ0) is 13.0. The number of hydrogen-bond donors (Lipinski definition) is 1. The molecule has 1 aliphatic heterocycles. The number of carbonyl (C=O) groups excluding carboxylic acids is 1. The Morgan fingerprint density at radius 1 is 1.61 bits per heavy atom. The van der Waals surface area contributed by atoms with E-state index in [0.29, 0.717) is 16.8 Å². The van der Waals surface area contributed by atoms with E-state index in [0.717, 1.165) is 31.8 Å². The number of carbonyl (C=O) groups is 1. The number of aryl methyl sites for hydroxylation is 1. The quantitative estimate of drug-likeness (QED) is 0.845. The highest BCUT2D eigenvalue weighted by atomic mass is 32.2. The zero-order valence-corrected chi connectivity index (χ0v) is 11.8. The molecule has 1 amide bonds.